The van der Waals surface area contributed by atoms with E-state index >= 15 is 0 Å². The molecule has 6 heteroatoms. The summed E-state index contributed by atoms with van der Waals surface area (Å²) in [5.74, 6) is 0.830. The van der Waals surface area contributed by atoms with Gasteiger partial charge in [0.25, 0.3) is 5.56 Å². The Balaban J connectivity index is 1.56. The van der Waals surface area contributed by atoms with Crippen LogP contribution < -0.4 is 15.0 Å². The van der Waals surface area contributed by atoms with Crippen LogP contribution in [0.15, 0.2) is 65.6 Å². The van der Waals surface area contributed by atoms with E-state index in [2.05, 4.69) is 4.74 Å². The summed E-state index contributed by atoms with van der Waals surface area (Å²) in [5.41, 5.74) is 3.32. The molecule has 1 aliphatic rings. The van der Waals surface area contributed by atoms with E-state index in [0.29, 0.717) is 30.4 Å². The topological polar surface area (TPSA) is 40.5 Å². The number of rotatable bonds is 9. The first-order valence-electron chi connectivity index (χ1n) is 10.6. The van der Waals surface area contributed by atoms with Crippen LogP contribution in [0.5, 0.6) is 11.5 Å². The molecule has 0 atom stereocenters. The fraction of sp³-hybridized carbons (Fsp3) is 0.269. The Kier molecular flexibility index (Phi) is 6.69. The van der Waals surface area contributed by atoms with E-state index in [1.165, 1.54) is 6.07 Å². The number of ether oxygens (including phenoxy) is 2. The highest BCUT2D eigenvalue weighted by Crippen LogP contribution is 2.34. The molecular weight excluding hydrogens is 412 g/mol. The van der Waals surface area contributed by atoms with E-state index in [1.807, 2.05) is 54.7 Å². The Hall–Kier alpha value is -3.41. The summed E-state index contributed by atoms with van der Waals surface area (Å²) < 4.78 is 37.5. The second-order valence-electron chi connectivity index (χ2n) is 8.05. The predicted octanol–water partition coefficient (Wildman–Crippen LogP) is 5.77. The van der Waals surface area contributed by atoms with Crippen molar-refractivity contribution in [2.75, 3.05) is 6.61 Å². The van der Waals surface area contributed by atoms with Gasteiger partial charge in [0.15, 0.2) is 11.5 Å². The molecule has 0 amide bonds. The van der Waals surface area contributed by atoms with Crippen molar-refractivity contribution < 1.29 is 18.3 Å². The van der Waals surface area contributed by atoms with Crippen molar-refractivity contribution in [3.63, 3.8) is 0 Å². The average molecular weight is 437 g/mol. The average Bonchev–Trinajstić information content (AvgIpc) is 3.60. The molecule has 0 aliphatic heterocycles. The van der Waals surface area contributed by atoms with E-state index in [4.69, 9.17) is 4.74 Å². The number of benzene rings is 2. The Morgan fingerprint density at radius 2 is 1.78 bits per heavy atom. The van der Waals surface area contributed by atoms with Crippen molar-refractivity contribution in [1.82, 2.24) is 4.57 Å². The van der Waals surface area contributed by atoms with Crippen molar-refractivity contribution >= 4 is 12.2 Å². The molecule has 4 nitrogen and oxygen atoms in total. The zero-order chi connectivity index (χ0) is 22.5. The zero-order valence-corrected chi connectivity index (χ0v) is 17.8. The predicted molar refractivity (Wildman–Crippen MR) is 121 cm³/mol. The first-order chi connectivity index (χ1) is 15.5. The molecule has 3 aromatic rings. The summed E-state index contributed by atoms with van der Waals surface area (Å²) in [6.45, 7) is -0.132. The van der Waals surface area contributed by atoms with Crippen molar-refractivity contribution in [2.45, 2.75) is 32.9 Å². The molecule has 0 unspecified atom stereocenters. The second-order valence-corrected chi connectivity index (χ2v) is 8.05. The number of aromatic nitrogens is 1. The molecule has 1 saturated carbocycles. The molecule has 0 N–H and O–H groups in total. The summed E-state index contributed by atoms with van der Waals surface area (Å²) >= 11 is 0. The number of pyridine rings is 1. The highest BCUT2D eigenvalue weighted by molar-refractivity contribution is 5.71. The smallest absolute Gasteiger partial charge is 0.387 e. The second kappa shape index (κ2) is 9.81. The van der Waals surface area contributed by atoms with Crippen LogP contribution in [0.2, 0.25) is 0 Å². The number of alkyl halides is 2. The lowest BCUT2D eigenvalue weighted by Crippen LogP contribution is -2.22. The lowest BCUT2D eigenvalue weighted by atomic mass is 10.1. The van der Waals surface area contributed by atoms with E-state index in [0.717, 1.165) is 29.5 Å². The van der Waals surface area contributed by atoms with Gasteiger partial charge in [-0.2, -0.15) is 8.78 Å². The molecule has 1 aromatic heterocycles. The minimum Gasteiger partial charge on any atom is -0.489 e. The van der Waals surface area contributed by atoms with Crippen LogP contribution in [0.3, 0.4) is 0 Å². The van der Waals surface area contributed by atoms with Crippen LogP contribution in [0, 0.1) is 12.8 Å². The summed E-state index contributed by atoms with van der Waals surface area (Å²) in [6, 6.07) is 16.5. The fourth-order valence-electron chi connectivity index (χ4n) is 3.42. The van der Waals surface area contributed by atoms with Crippen LogP contribution in [0.25, 0.3) is 12.2 Å². The summed E-state index contributed by atoms with van der Waals surface area (Å²) in [6.07, 6.45) is 7.77. The Morgan fingerprint density at radius 1 is 1.03 bits per heavy atom. The lowest BCUT2D eigenvalue weighted by Gasteiger charge is -2.13. The molecule has 0 spiro atoms. The zero-order valence-electron chi connectivity index (χ0n) is 17.8. The largest absolute Gasteiger partial charge is 0.489 e. The third-order valence-electron chi connectivity index (χ3n) is 5.31. The monoisotopic (exact) mass is 437 g/mol. The molecule has 1 heterocycles. The van der Waals surface area contributed by atoms with Gasteiger partial charge in [-0.25, -0.2) is 0 Å². The summed E-state index contributed by atoms with van der Waals surface area (Å²) in [7, 11) is 0. The Bertz CT molecular complexity index is 1150. The van der Waals surface area contributed by atoms with Gasteiger partial charge >= 0.3 is 6.61 Å². The van der Waals surface area contributed by atoms with Crippen LogP contribution in [-0.4, -0.2) is 17.8 Å². The summed E-state index contributed by atoms with van der Waals surface area (Å²) in [5, 5.41) is 0. The van der Waals surface area contributed by atoms with Crippen molar-refractivity contribution in [1.29, 1.82) is 0 Å². The molecule has 2 aromatic carbocycles. The molecule has 32 heavy (non-hydrogen) atoms. The van der Waals surface area contributed by atoms with E-state index in [1.54, 1.807) is 23.6 Å². The number of aryl methyl sites for hydroxylation is 1. The molecule has 1 fully saturated rings. The first kappa shape index (κ1) is 21.8. The maximum atomic E-state index is 12.7. The minimum atomic E-state index is -2.91. The highest BCUT2D eigenvalue weighted by atomic mass is 19.3. The third kappa shape index (κ3) is 5.84. The maximum Gasteiger partial charge on any atom is 0.387 e. The molecule has 0 saturated heterocycles. The van der Waals surface area contributed by atoms with Gasteiger partial charge in [0, 0.05) is 11.8 Å². The normalized spacial score (nSPS) is 13.6. The van der Waals surface area contributed by atoms with Gasteiger partial charge in [-0.3, -0.25) is 4.79 Å². The molecule has 166 valence electrons. The van der Waals surface area contributed by atoms with Crippen LogP contribution in [0.4, 0.5) is 8.78 Å². The van der Waals surface area contributed by atoms with Gasteiger partial charge in [0.1, 0.15) is 0 Å². The number of halogens is 2. The van der Waals surface area contributed by atoms with E-state index in [9.17, 15) is 13.6 Å². The molecular formula is C26H25F2NO3. The van der Waals surface area contributed by atoms with Gasteiger partial charge < -0.3 is 14.0 Å². The standard InChI is InChI=1S/C26H25F2NO3/c1-18-13-22(16-29(25(18)30)15-20-5-3-2-4-6-20)10-7-19-11-12-23(32-26(27)28)24(14-19)31-17-21-8-9-21/h2-7,10-14,16,21,26H,8-9,15,17H2,1H3. The molecule has 0 radical (unpaired) electrons. The minimum absolute atomic E-state index is 0.0322. The van der Waals surface area contributed by atoms with Gasteiger partial charge in [-0.15, -0.1) is 0 Å². The van der Waals surface area contributed by atoms with Crippen LogP contribution in [0.1, 0.15) is 35.1 Å². The third-order valence-corrected chi connectivity index (χ3v) is 5.31. The highest BCUT2D eigenvalue weighted by Gasteiger charge is 2.23. The lowest BCUT2D eigenvalue weighted by molar-refractivity contribution is -0.0515. The first-order valence-corrected chi connectivity index (χ1v) is 10.6. The summed E-state index contributed by atoms with van der Waals surface area (Å²) in [4.78, 5) is 12.5. The van der Waals surface area contributed by atoms with Crippen molar-refractivity contribution in [3.8, 4) is 11.5 Å². The molecule has 1 aliphatic carbocycles. The van der Waals surface area contributed by atoms with E-state index in [-0.39, 0.29) is 11.3 Å². The number of nitrogens with zero attached hydrogens (tertiary/aromatic N) is 1. The van der Waals surface area contributed by atoms with E-state index < -0.39 is 6.61 Å². The van der Waals surface area contributed by atoms with Crippen molar-refractivity contribution in [2.24, 2.45) is 5.92 Å². The molecule has 4 rings (SSSR count). The molecule has 0 bridgehead atoms. The number of hydrogen-bond donors (Lipinski definition) is 0. The maximum absolute atomic E-state index is 12.7. The van der Waals surface area contributed by atoms with Gasteiger partial charge in [-0.1, -0.05) is 48.6 Å². The quantitative estimate of drug-likeness (QED) is 0.427. The van der Waals surface area contributed by atoms with Gasteiger partial charge in [0.05, 0.1) is 13.2 Å². The number of hydrogen-bond acceptors (Lipinski definition) is 3. The fourth-order valence-corrected chi connectivity index (χ4v) is 3.42. The Labute approximate surface area is 185 Å². The Morgan fingerprint density at radius 3 is 2.50 bits per heavy atom. The van der Waals surface area contributed by atoms with Crippen LogP contribution >= 0.6 is 0 Å². The van der Waals surface area contributed by atoms with Gasteiger partial charge in [0.2, 0.25) is 0 Å². The van der Waals surface area contributed by atoms with Gasteiger partial charge in [-0.05, 0) is 60.6 Å². The van der Waals surface area contributed by atoms with Crippen molar-refractivity contribution in [3.05, 3.63) is 93.4 Å². The SMILES string of the molecule is Cc1cc(C=Cc2ccc(OC(F)F)c(OCC3CC3)c2)cn(Cc2ccccc2)c1=O. The van der Waals surface area contributed by atoms with Crippen LogP contribution in [-0.2, 0) is 6.54 Å².